The van der Waals surface area contributed by atoms with Crippen molar-refractivity contribution >= 4 is 39.6 Å². The fourth-order valence-electron chi connectivity index (χ4n) is 5.50. The van der Waals surface area contributed by atoms with Crippen LogP contribution in [0.5, 0.6) is 0 Å². The molecule has 2 saturated heterocycles. The minimum absolute atomic E-state index is 0.0260. The lowest BCUT2D eigenvalue weighted by molar-refractivity contribution is -0.117. The summed E-state index contributed by atoms with van der Waals surface area (Å²) in [6.07, 6.45) is 8.73. The minimum atomic E-state index is 0.0260. The van der Waals surface area contributed by atoms with Crippen molar-refractivity contribution < 1.29 is 9.53 Å². The van der Waals surface area contributed by atoms with Crippen molar-refractivity contribution in [2.24, 2.45) is 17.8 Å². The van der Waals surface area contributed by atoms with E-state index in [1.54, 1.807) is 12.4 Å². The number of fused-ring (bicyclic) bond motifs is 4. The number of anilines is 3. The Kier molecular flexibility index (Phi) is 5.02. The van der Waals surface area contributed by atoms with Crippen molar-refractivity contribution in [1.29, 1.82) is 0 Å². The van der Waals surface area contributed by atoms with E-state index in [4.69, 9.17) is 14.8 Å². The highest BCUT2D eigenvalue weighted by molar-refractivity contribution is 6.03. The van der Waals surface area contributed by atoms with Crippen LogP contribution in [0.15, 0.2) is 36.8 Å². The lowest BCUT2D eigenvalue weighted by Crippen LogP contribution is -2.46. The Morgan fingerprint density at radius 3 is 2.69 bits per heavy atom. The fraction of sp³-hybridized carbons (Fsp3) is 0.423. The van der Waals surface area contributed by atoms with E-state index in [1.165, 1.54) is 6.42 Å². The Labute approximate surface area is 208 Å². The molecule has 0 aromatic carbocycles. The maximum absolute atomic E-state index is 12.3. The largest absolute Gasteiger partial charge is 0.381 e. The molecule has 4 aromatic rings. The van der Waals surface area contributed by atoms with Gasteiger partial charge in [0.05, 0.1) is 25.1 Å². The van der Waals surface area contributed by atoms with Crippen LogP contribution in [-0.2, 0) is 9.53 Å². The van der Waals surface area contributed by atoms with Crippen LogP contribution in [0.3, 0.4) is 0 Å². The first-order valence-corrected chi connectivity index (χ1v) is 12.6. The number of ether oxygens (including phenoxy) is 1. The second-order valence-electron chi connectivity index (χ2n) is 10.2. The number of pyridine rings is 3. The van der Waals surface area contributed by atoms with Gasteiger partial charge < -0.3 is 20.3 Å². The Balaban J connectivity index is 1.26. The molecule has 2 N–H and O–H groups in total. The maximum Gasteiger partial charge on any atom is 0.228 e. The number of carbonyl (C=O) groups is 1. The number of carbonyl (C=O) groups excluding carboxylic acids is 1. The van der Waals surface area contributed by atoms with Gasteiger partial charge in [-0.25, -0.2) is 19.5 Å². The molecule has 0 radical (unpaired) electrons. The summed E-state index contributed by atoms with van der Waals surface area (Å²) in [5.41, 5.74) is 2.72. The highest BCUT2D eigenvalue weighted by Crippen LogP contribution is 2.34. The normalized spacial score (nSPS) is 21.6. The van der Waals surface area contributed by atoms with Gasteiger partial charge in [-0.05, 0) is 37.5 Å². The molecule has 1 amide bonds. The second kappa shape index (κ2) is 8.41. The summed E-state index contributed by atoms with van der Waals surface area (Å²) >= 11 is 0. The molecular formula is C26H28N8O2. The van der Waals surface area contributed by atoms with Gasteiger partial charge in [0.25, 0.3) is 0 Å². The minimum Gasteiger partial charge on any atom is -0.381 e. The summed E-state index contributed by atoms with van der Waals surface area (Å²) in [5.74, 6) is 3.14. The molecule has 2 atom stereocenters. The molecule has 2 aliphatic heterocycles. The van der Waals surface area contributed by atoms with Gasteiger partial charge in [0, 0.05) is 66.6 Å². The van der Waals surface area contributed by atoms with Crippen LogP contribution in [-0.4, -0.2) is 63.8 Å². The number of nitrogens with zero attached hydrogens (tertiary/aromatic N) is 6. The molecule has 36 heavy (non-hydrogen) atoms. The lowest BCUT2D eigenvalue weighted by Gasteiger charge is -2.42. The van der Waals surface area contributed by atoms with E-state index in [9.17, 15) is 4.79 Å². The Bertz CT molecular complexity index is 1470. The van der Waals surface area contributed by atoms with Crippen LogP contribution in [0.4, 0.5) is 17.3 Å². The van der Waals surface area contributed by atoms with Gasteiger partial charge in [0.15, 0.2) is 11.5 Å². The van der Waals surface area contributed by atoms with Crippen LogP contribution in [0.2, 0.25) is 0 Å². The summed E-state index contributed by atoms with van der Waals surface area (Å²) in [4.78, 5) is 28.6. The molecule has 7 rings (SSSR count). The molecule has 10 heteroatoms. The molecular weight excluding hydrogens is 456 g/mol. The topological polar surface area (TPSA) is 110 Å². The van der Waals surface area contributed by atoms with Gasteiger partial charge >= 0.3 is 0 Å². The number of amides is 1. The van der Waals surface area contributed by atoms with Crippen LogP contribution in [0, 0.1) is 17.8 Å². The van der Waals surface area contributed by atoms with Gasteiger partial charge in [0.1, 0.15) is 11.6 Å². The quantitative estimate of drug-likeness (QED) is 0.445. The monoisotopic (exact) mass is 484 g/mol. The zero-order chi connectivity index (χ0) is 24.2. The maximum atomic E-state index is 12.3. The molecule has 10 nitrogen and oxygen atoms in total. The highest BCUT2D eigenvalue weighted by atomic mass is 16.5. The molecule has 2 unspecified atom stereocenters. The van der Waals surface area contributed by atoms with Crippen LogP contribution >= 0.6 is 0 Å². The number of hydrogen-bond acceptors (Lipinski definition) is 8. The third kappa shape index (κ3) is 3.81. The van der Waals surface area contributed by atoms with Crippen molar-refractivity contribution in [3.05, 3.63) is 36.8 Å². The third-order valence-corrected chi connectivity index (χ3v) is 7.46. The molecule has 3 fully saturated rings. The van der Waals surface area contributed by atoms with Gasteiger partial charge in [-0.15, -0.1) is 5.10 Å². The molecule has 184 valence electrons. The average Bonchev–Trinajstić information content (AvgIpc) is 3.66. The number of hydrogen-bond donors (Lipinski definition) is 2. The van der Waals surface area contributed by atoms with Crippen molar-refractivity contribution in [3.63, 3.8) is 0 Å². The molecule has 1 saturated carbocycles. The van der Waals surface area contributed by atoms with E-state index >= 15 is 0 Å². The Morgan fingerprint density at radius 1 is 1.08 bits per heavy atom. The standard InChI is InChI=1S/C26H28N8O2/c1-27-24-20-8-28-22(30-26(35)17-2-3-17)7-19(20)21(9-29-24)25-31-23-5-4-18(12-34(23)32-25)33-10-15-6-16(11-33)14-36-13-15/h4-5,7-9,12,15-17H,2-3,6,10-11,13-14H2,1H3,(H,27,29)(H,28,30,35). The first kappa shape index (κ1) is 21.5. The van der Waals surface area contributed by atoms with Crippen LogP contribution in [0.25, 0.3) is 27.8 Å². The zero-order valence-electron chi connectivity index (χ0n) is 20.1. The smallest absolute Gasteiger partial charge is 0.228 e. The summed E-state index contributed by atoms with van der Waals surface area (Å²) in [7, 11) is 1.83. The SMILES string of the molecule is CNc1ncc(-c2nc3ccc(N4CC5COCC(C5)C4)cn3n2)c2cc(NC(=O)C3CC3)ncc12. The predicted octanol–water partition coefficient (Wildman–Crippen LogP) is 3.20. The third-order valence-electron chi connectivity index (χ3n) is 7.46. The van der Waals surface area contributed by atoms with E-state index in [1.807, 2.05) is 23.7 Å². The Morgan fingerprint density at radius 2 is 1.92 bits per heavy atom. The van der Waals surface area contributed by atoms with Crippen molar-refractivity contribution in [2.75, 3.05) is 48.9 Å². The number of aromatic nitrogens is 5. The average molecular weight is 485 g/mol. The Hall–Kier alpha value is -3.79. The zero-order valence-corrected chi connectivity index (χ0v) is 20.1. The first-order chi connectivity index (χ1) is 17.6. The van der Waals surface area contributed by atoms with Gasteiger partial charge in [-0.2, -0.15) is 0 Å². The number of rotatable bonds is 5. The summed E-state index contributed by atoms with van der Waals surface area (Å²) in [6.45, 7) is 3.71. The van der Waals surface area contributed by atoms with E-state index < -0.39 is 0 Å². The molecule has 6 heterocycles. The summed E-state index contributed by atoms with van der Waals surface area (Å²) in [5, 5.41) is 12.6. The lowest BCUT2D eigenvalue weighted by atomic mass is 9.88. The fourth-order valence-corrected chi connectivity index (χ4v) is 5.50. The summed E-state index contributed by atoms with van der Waals surface area (Å²) < 4.78 is 7.59. The molecule has 4 aromatic heterocycles. The van der Waals surface area contributed by atoms with E-state index in [2.05, 4.69) is 37.8 Å². The van der Waals surface area contributed by atoms with Gasteiger partial charge in [0.2, 0.25) is 5.91 Å². The predicted molar refractivity (Wildman–Crippen MR) is 137 cm³/mol. The van der Waals surface area contributed by atoms with Crippen LogP contribution in [0.1, 0.15) is 19.3 Å². The molecule has 2 bridgehead atoms. The molecule has 3 aliphatic rings. The number of nitrogens with one attached hydrogen (secondary N) is 2. The van der Waals surface area contributed by atoms with Gasteiger partial charge in [-0.3, -0.25) is 4.79 Å². The second-order valence-corrected chi connectivity index (χ2v) is 10.2. The van der Waals surface area contributed by atoms with E-state index in [0.29, 0.717) is 29.3 Å². The summed E-state index contributed by atoms with van der Waals surface area (Å²) in [6, 6.07) is 6.04. The van der Waals surface area contributed by atoms with Gasteiger partial charge in [-0.1, -0.05) is 0 Å². The van der Waals surface area contributed by atoms with Crippen molar-refractivity contribution in [1.82, 2.24) is 24.6 Å². The van der Waals surface area contributed by atoms with E-state index in [-0.39, 0.29) is 11.8 Å². The first-order valence-electron chi connectivity index (χ1n) is 12.6. The highest BCUT2D eigenvalue weighted by Gasteiger charge is 2.32. The van der Waals surface area contributed by atoms with E-state index in [0.717, 1.165) is 66.8 Å². The van der Waals surface area contributed by atoms with Crippen molar-refractivity contribution in [2.45, 2.75) is 19.3 Å². The molecule has 0 spiro atoms. The van der Waals surface area contributed by atoms with Crippen LogP contribution < -0.4 is 15.5 Å². The number of piperidine rings is 1. The van der Waals surface area contributed by atoms with Crippen molar-refractivity contribution in [3.8, 4) is 11.4 Å². The molecule has 1 aliphatic carbocycles.